The molecule has 100 valence electrons. The van der Waals surface area contributed by atoms with E-state index >= 15 is 0 Å². The third-order valence-electron chi connectivity index (χ3n) is 4.40. The van der Waals surface area contributed by atoms with Gasteiger partial charge in [-0.25, -0.2) is 0 Å². The van der Waals surface area contributed by atoms with Gasteiger partial charge in [0, 0.05) is 50.8 Å². The molecule has 4 nitrogen and oxygen atoms in total. The van der Waals surface area contributed by atoms with Crippen LogP contribution < -0.4 is 0 Å². The summed E-state index contributed by atoms with van der Waals surface area (Å²) in [6.45, 7) is 8.64. The van der Waals surface area contributed by atoms with Crippen LogP contribution >= 0.6 is 0 Å². The molecule has 1 unspecified atom stereocenters. The van der Waals surface area contributed by atoms with Crippen molar-refractivity contribution in [2.45, 2.75) is 25.8 Å². The van der Waals surface area contributed by atoms with E-state index in [0.29, 0.717) is 12.6 Å². The lowest BCUT2D eigenvalue weighted by Crippen LogP contribution is -2.55. The monoisotopic (exact) mass is 242 g/mol. The Hall–Kier alpha value is -0.160. The van der Waals surface area contributed by atoms with Crippen molar-refractivity contribution in [2.24, 2.45) is 5.41 Å². The summed E-state index contributed by atoms with van der Waals surface area (Å²) in [5, 5.41) is 9.72. The topological polar surface area (TPSA) is 35.9 Å². The minimum Gasteiger partial charge on any atom is -0.396 e. The second-order valence-corrected chi connectivity index (χ2v) is 5.85. The normalized spacial score (nSPS) is 31.6. The molecular formula is C13H26N2O2. The summed E-state index contributed by atoms with van der Waals surface area (Å²) in [6.07, 6.45) is 2.01. The number of hydrogen-bond acceptors (Lipinski definition) is 4. The van der Waals surface area contributed by atoms with Gasteiger partial charge >= 0.3 is 0 Å². The minimum atomic E-state index is 0.0857. The molecule has 2 fully saturated rings. The van der Waals surface area contributed by atoms with E-state index in [1.165, 1.54) is 0 Å². The van der Waals surface area contributed by atoms with Crippen LogP contribution in [0.3, 0.4) is 0 Å². The highest BCUT2D eigenvalue weighted by atomic mass is 16.5. The number of aliphatic hydroxyl groups excluding tert-OH is 1. The second kappa shape index (κ2) is 5.65. The van der Waals surface area contributed by atoms with Crippen LogP contribution in [0.5, 0.6) is 0 Å². The van der Waals surface area contributed by atoms with Crippen LogP contribution in [-0.4, -0.2) is 74.0 Å². The number of aliphatic hydroxyl groups is 1. The van der Waals surface area contributed by atoms with Gasteiger partial charge in [-0.3, -0.25) is 4.90 Å². The zero-order valence-corrected chi connectivity index (χ0v) is 11.2. The first-order chi connectivity index (χ1) is 8.15. The van der Waals surface area contributed by atoms with Gasteiger partial charge in [0.15, 0.2) is 0 Å². The molecule has 0 spiro atoms. The zero-order valence-electron chi connectivity index (χ0n) is 11.2. The number of nitrogens with zero attached hydrogens (tertiary/aromatic N) is 2. The van der Waals surface area contributed by atoms with Gasteiger partial charge in [-0.15, -0.1) is 0 Å². The number of rotatable bonds is 3. The molecule has 2 heterocycles. The number of hydrogen-bond donors (Lipinski definition) is 1. The highest BCUT2D eigenvalue weighted by Crippen LogP contribution is 2.32. The maximum Gasteiger partial charge on any atom is 0.0501 e. The summed E-state index contributed by atoms with van der Waals surface area (Å²) in [6, 6.07) is 0.597. The van der Waals surface area contributed by atoms with Gasteiger partial charge in [0.2, 0.25) is 0 Å². The van der Waals surface area contributed by atoms with Crippen LogP contribution in [0.2, 0.25) is 0 Å². The molecule has 0 saturated carbocycles. The molecule has 1 N–H and O–H groups in total. The number of likely N-dealkylation sites (N-methyl/N-ethyl adjacent to an activating group) is 1. The van der Waals surface area contributed by atoms with Crippen LogP contribution in [-0.2, 0) is 4.74 Å². The Morgan fingerprint density at radius 2 is 2.00 bits per heavy atom. The molecule has 4 heteroatoms. The highest BCUT2D eigenvalue weighted by molar-refractivity contribution is 4.88. The third-order valence-corrected chi connectivity index (χ3v) is 4.40. The van der Waals surface area contributed by atoms with Crippen molar-refractivity contribution in [1.29, 1.82) is 0 Å². The summed E-state index contributed by atoms with van der Waals surface area (Å²) in [7, 11) is 2.18. The van der Waals surface area contributed by atoms with Crippen molar-refractivity contribution >= 4 is 0 Å². The average Bonchev–Trinajstić information content (AvgIpc) is 2.34. The van der Waals surface area contributed by atoms with Crippen molar-refractivity contribution in [2.75, 3.05) is 53.0 Å². The maximum absolute atomic E-state index is 9.72. The summed E-state index contributed by atoms with van der Waals surface area (Å²) in [5.41, 5.74) is 0.0857. The Morgan fingerprint density at radius 1 is 1.29 bits per heavy atom. The van der Waals surface area contributed by atoms with Gasteiger partial charge in [0.25, 0.3) is 0 Å². The molecule has 17 heavy (non-hydrogen) atoms. The predicted octanol–water partition coefficient (Wildman–Crippen LogP) is 0.411. The molecule has 2 saturated heterocycles. The van der Waals surface area contributed by atoms with Crippen LogP contribution in [0, 0.1) is 5.41 Å². The zero-order chi connectivity index (χ0) is 12.3. The van der Waals surface area contributed by atoms with Crippen molar-refractivity contribution in [3.05, 3.63) is 0 Å². The lowest BCUT2D eigenvalue weighted by Gasteiger charge is -2.45. The van der Waals surface area contributed by atoms with E-state index in [1.807, 2.05) is 0 Å². The summed E-state index contributed by atoms with van der Waals surface area (Å²) < 4.78 is 5.42. The standard InChI is InChI=1S/C13H26N2O2/c1-12-9-14(2)5-6-15(12)10-13(11-16)3-7-17-8-4-13/h12,16H,3-11H2,1-2H3. The van der Waals surface area contributed by atoms with Crippen molar-refractivity contribution in [1.82, 2.24) is 9.80 Å². The molecule has 0 aliphatic carbocycles. The Labute approximate surface area is 105 Å². The van der Waals surface area contributed by atoms with Gasteiger partial charge < -0.3 is 14.7 Å². The fourth-order valence-electron chi connectivity index (χ4n) is 3.01. The summed E-state index contributed by atoms with van der Waals surface area (Å²) in [5.74, 6) is 0. The van der Waals surface area contributed by atoms with E-state index in [4.69, 9.17) is 4.74 Å². The molecule has 2 rings (SSSR count). The van der Waals surface area contributed by atoms with Crippen LogP contribution in [0.15, 0.2) is 0 Å². The Bertz CT molecular complexity index is 242. The van der Waals surface area contributed by atoms with Crippen molar-refractivity contribution < 1.29 is 9.84 Å². The van der Waals surface area contributed by atoms with Crippen molar-refractivity contribution in [3.63, 3.8) is 0 Å². The lowest BCUT2D eigenvalue weighted by molar-refractivity contribution is -0.0481. The van der Waals surface area contributed by atoms with E-state index in [2.05, 4.69) is 23.8 Å². The van der Waals surface area contributed by atoms with Crippen LogP contribution in [0.25, 0.3) is 0 Å². The van der Waals surface area contributed by atoms with E-state index in [0.717, 1.165) is 52.2 Å². The predicted molar refractivity (Wildman–Crippen MR) is 68.1 cm³/mol. The number of piperazine rings is 1. The Morgan fingerprint density at radius 3 is 2.59 bits per heavy atom. The van der Waals surface area contributed by atoms with E-state index in [-0.39, 0.29) is 5.41 Å². The lowest BCUT2D eigenvalue weighted by atomic mass is 9.80. The largest absolute Gasteiger partial charge is 0.396 e. The molecular weight excluding hydrogens is 216 g/mol. The molecule has 0 bridgehead atoms. The van der Waals surface area contributed by atoms with Gasteiger partial charge in [-0.1, -0.05) is 0 Å². The molecule has 0 amide bonds. The fourth-order valence-corrected chi connectivity index (χ4v) is 3.01. The van der Waals surface area contributed by atoms with Gasteiger partial charge in [0.05, 0.1) is 6.61 Å². The SMILES string of the molecule is CC1CN(C)CCN1CC1(CO)CCOCC1. The molecule has 0 aromatic heterocycles. The van der Waals surface area contributed by atoms with Gasteiger partial charge in [0.1, 0.15) is 0 Å². The van der Waals surface area contributed by atoms with Crippen LogP contribution in [0.4, 0.5) is 0 Å². The maximum atomic E-state index is 9.72. The molecule has 1 atom stereocenters. The Kier molecular flexibility index (Phi) is 4.42. The highest BCUT2D eigenvalue weighted by Gasteiger charge is 2.36. The van der Waals surface area contributed by atoms with Crippen molar-refractivity contribution in [3.8, 4) is 0 Å². The summed E-state index contributed by atoms with van der Waals surface area (Å²) >= 11 is 0. The summed E-state index contributed by atoms with van der Waals surface area (Å²) in [4.78, 5) is 4.93. The van der Waals surface area contributed by atoms with Crippen LogP contribution in [0.1, 0.15) is 19.8 Å². The third kappa shape index (κ3) is 3.19. The molecule has 0 radical (unpaired) electrons. The van der Waals surface area contributed by atoms with Gasteiger partial charge in [-0.2, -0.15) is 0 Å². The van der Waals surface area contributed by atoms with Gasteiger partial charge in [-0.05, 0) is 26.8 Å². The second-order valence-electron chi connectivity index (χ2n) is 5.85. The first kappa shape index (κ1) is 13.3. The first-order valence-electron chi connectivity index (χ1n) is 6.76. The molecule has 0 aromatic rings. The molecule has 2 aliphatic heterocycles. The van der Waals surface area contributed by atoms with E-state index in [1.54, 1.807) is 0 Å². The smallest absolute Gasteiger partial charge is 0.0501 e. The fraction of sp³-hybridized carbons (Fsp3) is 1.00. The van der Waals surface area contributed by atoms with E-state index < -0.39 is 0 Å². The Balaban J connectivity index is 1.93. The molecule has 0 aromatic carbocycles. The minimum absolute atomic E-state index is 0.0857. The first-order valence-corrected chi connectivity index (χ1v) is 6.76. The number of ether oxygens (including phenoxy) is 1. The quantitative estimate of drug-likeness (QED) is 0.778. The average molecular weight is 242 g/mol. The van der Waals surface area contributed by atoms with E-state index in [9.17, 15) is 5.11 Å². The molecule has 2 aliphatic rings.